The largest absolute Gasteiger partial charge is 0.289 e. The van der Waals surface area contributed by atoms with Gasteiger partial charge in [-0.05, 0) is 24.3 Å². The van der Waals surface area contributed by atoms with Crippen LogP contribution in [0.15, 0.2) is 53.4 Å². The number of hydrazine groups is 1. The Morgan fingerprint density at radius 1 is 1.00 bits per heavy atom. The van der Waals surface area contributed by atoms with Crippen molar-refractivity contribution in [1.82, 2.24) is 14.8 Å². The minimum atomic E-state index is -3.98. The number of halogens is 1. The maximum atomic E-state index is 12.2. The molecule has 0 unspecified atom stereocenters. The number of sulfonamides is 1. The standard InChI is InChI=1S/C14H10ClN5O4S/c15-13-14(17-12-4-2-1-3-11(12)16-13)18-19-25(23,24)10-7-5-9(6-8-10)20(21)22/h1-8,19H,(H,17,18). The molecule has 2 N–H and O–H groups in total. The van der Waals surface area contributed by atoms with Gasteiger partial charge in [0.2, 0.25) is 0 Å². The predicted octanol–water partition coefficient (Wildman–Crippen LogP) is 2.50. The minimum absolute atomic E-state index is 0.00917. The average molecular weight is 380 g/mol. The number of fused-ring (bicyclic) bond motifs is 1. The number of anilines is 1. The normalized spacial score (nSPS) is 11.4. The van der Waals surface area contributed by atoms with Gasteiger partial charge in [-0.2, -0.15) is 0 Å². The molecule has 1 heterocycles. The average Bonchev–Trinajstić information content (AvgIpc) is 2.60. The quantitative estimate of drug-likeness (QED) is 0.515. The molecule has 2 aromatic carbocycles. The smallest absolute Gasteiger partial charge is 0.269 e. The first-order valence-electron chi connectivity index (χ1n) is 6.81. The number of nitrogens with zero attached hydrogens (tertiary/aromatic N) is 3. The molecule has 0 aliphatic heterocycles. The Morgan fingerprint density at radius 2 is 1.60 bits per heavy atom. The zero-order valence-corrected chi connectivity index (χ0v) is 14.0. The second-order valence-electron chi connectivity index (χ2n) is 4.83. The highest BCUT2D eigenvalue weighted by atomic mass is 35.5. The molecule has 25 heavy (non-hydrogen) atoms. The minimum Gasteiger partial charge on any atom is -0.289 e. The number of hydrogen-bond donors (Lipinski definition) is 2. The lowest BCUT2D eigenvalue weighted by Crippen LogP contribution is -2.30. The maximum Gasteiger partial charge on any atom is 0.269 e. The zero-order chi connectivity index (χ0) is 18.0. The van der Waals surface area contributed by atoms with Crippen molar-refractivity contribution in [2.75, 3.05) is 5.43 Å². The van der Waals surface area contributed by atoms with E-state index in [1.807, 2.05) is 0 Å². The molecule has 0 saturated heterocycles. The molecule has 0 saturated carbocycles. The highest BCUT2D eigenvalue weighted by Gasteiger charge is 2.17. The van der Waals surface area contributed by atoms with Crippen LogP contribution in [0, 0.1) is 10.1 Å². The van der Waals surface area contributed by atoms with Gasteiger partial charge in [0.25, 0.3) is 15.7 Å². The number of nitro groups is 1. The van der Waals surface area contributed by atoms with Crippen molar-refractivity contribution in [3.63, 3.8) is 0 Å². The summed E-state index contributed by atoms with van der Waals surface area (Å²) >= 11 is 5.99. The summed E-state index contributed by atoms with van der Waals surface area (Å²) in [5, 5.41) is 10.6. The topological polar surface area (TPSA) is 127 Å². The van der Waals surface area contributed by atoms with Gasteiger partial charge < -0.3 is 0 Å². The Hall–Kier alpha value is -2.82. The summed E-state index contributed by atoms with van der Waals surface area (Å²) in [6.07, 6.45) is 0. The molecule has 0 aliphatic rings. The van der Waals surface area contributed by atoms with E-state index in [9.17, 15) is 18.5 Å². The van der Waals surface area contributed by atoms with E-state index in [2.05, 4.69) is 20.2 Å². The lowest BCUT2D eigenvalue weighted by atomic mass is 10.3. The third kappa shape index (κ3) is 3.65. The van der Waals surface area contributed by atoms with E-state index in [1.54, 1.807) is 24.3 Å². The van der Waals surface area contributed by atoms with Gasteiger partial charge in [0.1, 0.15) is 0 Å². The second kappa shape index (κ2) is 6.59. The van der Waals surface area contributed by atoms with Crippen molar-refractivity contribution in [3.8, 4) is 0 Å². The van der Waals surface area contributed by atoms with Crippen LogP contribution in [0.3, 0.4) is 0 Å². The van der Waals surface area contributed by atoms with Gasteiger partial charge in [-0.25, -0.2) is 18.4 Å². The van der Waals surface area contributed by atoms with Crippen LogP contribution in [0.25, 0.3) is 11.0 Å². The summed E-state index contributed by atoms with van der Waals surface area (Å²) < 4.78 is 24.5. The molecule has 3 rings (SSSR count). The van der Waals surface area contributed by atoms with Crippen molar-refractivity contribution in [2.24, 2.45) is 0 Å². The fraction of sp³-hybridized carbons (Fsp3) is 0. The molecule has 128 valence electrons. The van der Waals surface area contributed by atoms with Crippen LogP contribution in [0.2, 0.25) is 5.15 Å². The van der Waals surface area contributed by atoms with Crippen molar-refractivity contribution in [3.05, 3.63) is 63.8 Å². The van der Waals surface area contributed by atoms with Crippen LogP contribution in [0.1, 0.15) is 0 Å². The molecule has 11 heteroatoms. The Balaban J connectivity index is 1.82. The van der Waals surface area contributed by atoms with E-state index in [-0.39, 0.29) is 21.6 Å². The predicted molar refractivity (Wildman–Crippen MR) is 91.6 cm³/mol. The summed E-state index contributed by atoms with van der Waals surface area (Å²) in [7, 11) is -3.98. The fourth-order valence-corrected chi connectivity index (χ4v) is 3.00. The summed E-state index contributed by atoms with van der Waals surface area (Å²) in [6.45, 7) is 0. The highest BCUT2D eigenvalue weighted by molar-refractivity contribution is 7.89. The molecule has 3 aromatic rings. The van der Waals surface area contributed by atoms with Gasteiger partial charge in [-0.15, -0.1) is 4.83 Å². The number of para-hydroxylation sites is 2. The monoisotopic (exact) mass is 379 g/mol. The lowest BCUT2D eigenvalue weighted by molar-refractivity contribution is -0.384. The van der Waals surface area contributed by atoms with Crippen molar-refractivity contribution >= 4 is 44.2 Å². The maximum absolute atomic E-state index is 12.2. The second-order valence-corrected chi connectivity index (χ2v) is 6.87. The van der Waals surface area contributed by atoms with Crippen molar-refractivity contribution in [1.29, 1.82) is 0 Å². The molecule has 0 amide bonds. The number of non-ortho nitro benzene ring substituents is 1. The molecule has 0 fully saturated rings. The Morgan fingerprint density at radius 3 is 2.20 bits per heavy atom. The van der Waals surface area contributed by atoms with Crippen LogP contribution < -0.4 is 10.3 Å². The summed E-state index contributed by atoms with van der Waals surface area (Å²) in [5.41, 5.74) is 3.29. The van der Waals surface area contributed by atoms with Crippen LogP contribution in [-0.2, 0) is 10.0 Å². The lowest BCUT2D eigenvalue weighted by Gasteiger charge is -2.10. The summed E-state index contributed by atoms with van der Waals surface area (Å²) in [6, 6.07) is 11.4. The van der Waals surface area contributed by atoms with Crippen LogP contribution in [-0.4, -0.2) is 23.3 Å². The third-order valence-corrected chi connectivity index (χ3v) is 4.72. The molecule has 0 radical (unpaired) electrons. The number of rotatable bonds is 5. The number of nitrogens with one attached hydrogen (secondary N) is 2. The van der Waals surface area contributed by atoms with E-state index in [1.165, 1.54) is 0 Å². The summed E-state index contributed by atoms with van der Waals surface area (Å²) in [4.78, 5) is 20.2. The van der Waals surface area contributed by atoms with Crippen LogP contribution in [0.5, 0.6) is 0 Å². The van der Waals surface area contributed by atoms with Gasteiger partial charge in [0.15, 0.2) is 11.0 Å². The number of hydrogen-bond acceptors (Lipinski definition) is 7. The van der Waals surface area contributed by atoms with Crippen LogP contribution >= 0.6 is 11.6 Å². The van der Waals surface area contributed by atoms with Gasteiger partial charge in [0.05, 0.1) is 20.9 Å². The van der Waals surface area contributed by atoms with E-state index in [0.29, 0.717) is 11.0 Å². The van der Waals surface area contributed by atoms with Gasteiger partial charge in [0, 0.05) is 12.1 Å². The molecular formula is C14H10ClN5O4S. The van der Waals surface area contributed by atoms with Crippen molar-refractivity contribution in [2.45, 2.75) is 4.90 Å². The van der Waals surface area contributed by atoms with E-state index in [4.69, 9.17) is 11.6 Å². The number of nitro benzene ring substituents is 1. The number of benzene rings is 2. The van der Waals surface area contributed by atoms with E-state index < -0.39 is 14.9 Å². The first-order valence-corrected chi connectivity index (χ1v) is 8.67. The SMILES string of the molecule is O=[N+]([O-])c1ccc(S(=O)(=O)NNc2nc3ccccc3nc2Cl)cc1. The van der Waals surface area contributed by atoms with E-state index in [0.717, 1.165) is 24.3 Å². The molecule has 0 bridgehead atoms. The zero-order valence-electron chi connectivity index (χ0n) is 12.4. The third-order valence-electron chi connectivity index (χ3n) is 3.19. The molecule has 1 aromatic heterocycles. The van der Waals surface area contributed by atoms with Gasteiger partial charge >= 0.3 is 0 Å². The van der Waals surface area contributed by atoms with E-state index >= 15 is 0 Å². The Bertz CT molecular complexity index is 1060. The molecule has 0 spiro atoms. The van der Waals surface area contributed by atoms with Crippen LogP contribution in [0.4, 0.5) is 11.5 Å². The van der Waals surface area contributed by atoms with Crippen molar-refractivity contribution < 1.29 is 13.3 Å². The molecule has 0 aliphatic carbocycles. The summed E-state index contributed by atoms with van der Waals surface area (Å²) in [5.74, 6) is 0.0332. The highest BCUT2D eigenvalue weighted by Crippen LogP contribution is 2.21. The Kier molecular flexibility index (Phi) is 4.49. The van der Waals surface area contributed by atoms with Gasteiger partial charge in [-0.3, -0.25) is 15.5 Å². The van der Waals surface area contributed by atoms with Gasteiger partial charge in [-0.1, -0.05) is 23.7 Å². The molecule has 0 atom stereocenters. The number of aromatic nitrogens is 2. The molecular weight excluding hydrogens is 370 g/mol. The molecule has 9 nitrogen and oxygen atoms in total. The fourth-order valence-electron chi connectivity index (χ4n) is 1.98. The Labute approximate surface area is 146 Å². The first-order chi connectivity index (χ1) is 11.9. The first kappa shape index (κ1) is 17.0.